The van der Waals surface area contributed by atoms with E-state index in [0.29, 0.717) is 23.8 Å². The maximum atomic E-state index is 11.5. The number of ether oxygens (including phenoxy) is 2. The topological polar surface area (TPSA) is 67.8 Å². The van der Waals surface area contributed by atoms with E-state index in [0.717, 1.165) is 5.56 Å². The van der Waals surface area contributed by atoms with Gasteiger partial charge in [0.25, 0.3) is 0 Å². The molecule has 2 N–H and O–H groups in total. The highest BCUT2D eigenvalue weighted by Crippen LogP contribution is 2.38. The molecule has 1 unspecified atom stereocenters. The van der Waals surface area contributed by atoms with Crippen LogP contribution in [0.5, 0.6) is 17.2 Å². The molecule has 0 saturated carbocycles. The highest BCUT2D eigenvalue weighted by Gasteiger charge is 2.25. The summed E-state index contributed by atoms with van der Waals surface area (Å²) in [5, 5.41) is 12.5. The summed E-state index contributed by atoms with van der Waals surface area (Å²) >= 11 is 1.57. The molecule has 0 bridgehead atoms. The van der Waals surface area contributed by atoms with Gasteiger partial charge < -0.3 is 19.9 Å². The first kappa shape index (κ1) is 12.9. The molecule has 0 radical (unpaired) electrons. The molecule has 0 aromatic heterocycles. The molecule has 0 spiro atoms. The maximum absolute atomic E-state index is 11.5. The normalized spacial score (nSPS) is 18.6. The Morgan fingerprint density at radius 1 is 1.39 bits per heavy atom. The van der Waals surface area contributed by atoms with Crippen molar-refractivity contribution in [1.82, 2.24) is 5.32 Å². The van der Waals surface area contributed by atoms with Gasteiger partial charge >= 0.3 is 0 Å². The van der Waals surface area contributed by atoms with Crippen LogP contribution < -0.4 is 14.8 Å². The Balaban J connectivity index is 2.24. The maximum Gasteiger partial charge on any atom is 0.234 e. The fraction of sp³-hybridized carbons (Fsp3) is 0.417. The van der Waals surface area contributed by atoms with E-state index >= 15 is 0 Å². The van der Waals surface area contributed by atoms with Crippen LogP contribution in [0.3, 0.4) is 0 Å². The number of phenolic OH excluding ortho intramolecular Hbond substituents is 1. The molecule has 18 heavy (non-hydrogen) atoms. The Labute approximate surface area is 109 Å². The molecule has 1 heterocycles. The summed E-state index contributed by atoms with van der Waals surface area (Å²) in [5.41, 5.74) is 0.899. The molecule has 98 valence electrons. The van der Waals surface area contributed by atoms with Gasteiger partial charge in [-0.3, -0.25) is 4.79 Å². The summed E-state index contributed by atoms with van der Waals surface area (Å²) in [6.45, 7) is 0. The molecule has 1 aromatic carbocycles. The van der Waals surface area contributed by atoms with E-state index in [1.54, 1.807) is 23.9 Å². The lowest BCUT2D eigenvalue weighted by molar-refractivity contribution is -0.119. The van der Waals surface area contributed by atoms with Gasteiger partial charge in [-0.1, -0.05) is 0 Å². The van der Waals surface area contributed by atoms with Crippen molar-refractivity contribution < 1.29 is 19.4 Å². The van der Waals surface area contributed by atoms with Crippen LogP contribution in [0.1, 0.15) is 5.56 Å². The van der Waals surface area contributed by atoms with E-state index in [9.17, 15) is 9.90 Å². The van der Waals surface area contributed by atoms with Crippen molar-refractivity contribution in [2.24, 2.45) is 0 Å². The zero-order valence-corrected chi connectivity index (χ0v) is 11.0. The van der Waals surface area contributed by atoms with Gasteiger partial charge in [-0.2, -0.15) is 0 Å². The number of hydrogen-bond donors (Lipinski definition) is 2. The summed E-state index contributed by atoms with van der Waals surface area (Å²) in [7, 11) is 2.96. The van der Waals surface area contributed by atoms with E-state index in [1.165, 1.54) is 14.2 Å². The summed E-state index contributed by atoms with van der Waals surface area (Å²) < 4.78 is 10.2. The van der Waals surface area contributed by atoms with Crippen molar-refractivity contribution in [3.05, 3.63) is 17.7 Å². The van der Waals surface area contributed by atoms with Crippen molar-refractivity contribution in [3.63, 3.8) is 0 Å². The Morgan fingerprint density at radius 2 is 2.00 bits per heavy atom. The summed E-state index contributed by atoms with van der Waals surface area (Å²) in [6.07, 6.45) is 0.587. The van der Waals surface area contributed by atoms with Crippen molar-refractivity contribution >= 4 is 17.7 Å². The molecule has 1 saturated heterocycles. The minimum Gasteiger partial charge on any atom is -0.502 e. The fourth-order valence-corrected chi connectivity index (χ4v) is 2.81. The van der Waals surface area contributed by atoms with E-state index in [4.69, 9.17) is 9.47 Å². The summed E-state index contributed by atoms with van der Waals surface area (Å²) in [4.78, 5) is 11.5. The highest BCUT2D eigenvalue weighted by atomic mass is 32.2. The van der Waals surface area contributed by atoms with Crippen LogP contribution in [0.25, 0.3) is 0 Å². The third kappa shape index (κ3) is 2.48. The van der Waals surface area contributed by atoms with Crippen LogP contribution in [0.2, 0.25) is 0 Å². The molecule has 1 atom stereocenters. The molecule has 0 aliphatic carbocycles. The molecule has 1 aliphatic heterocycles. The molecule has 1 aromatic rings. The van der Waals surface area contributed by atoms with Crippen molar-refractivity contribution in [2.75, 3.05) is 20.1 Å². The molecular weight excluding hydrogens is 254 g/mol. The lowest BCUT2D eigenvalue weighted by Gasteiger charge is -2.12. The second-order valence-corrected chi connectivity index (χ2v) is 5.08. The number of carbonyl (C=O) groups is 1. The predicted molar refractivity (Wildman–Crippen MR) is 69.3 cm³/mol. The van der Waals surface area contributed by atoms with Crippen molar-refractivity contribution in [2.45, 2.75) is 11.7 Å². The van der Waals surface area contributed by atoms with Crippen LogP contribution in [-0.4, -0.2) is 36.4 Å². The standard InChI is InChI=1S/C12H15NO4S/c1-16-8-3-7(4-9(17-2)11(8)14)5-10-12(15)13-6-18-10/h3-4,10,14H,5-6H2,1-2H3,(H,13,15). The van der Waals surface area contributed by atoms with E-state index in [2.05, 4.69) is 5.32 Å². The molecule has 6 heteroatoms. The molecule has 1 amide bonds. The monoisotopic (exact) mass is 269 g/mol. The quantitative estimate of drug-likeness (QED) is 0.858. The van der Waals surface area contributed by atoms with Gasteiger partial charge in [0.2, 0.25) is 11.7 Å². The molecule has 5 nitrogen and oxygen atoms in total. The smallest absolute Gasteiger partial charge is 0.234 e. The largest absolute Gasteiger partial charge is 0.502 e. The highest BCUT2D eigenvalue weighted by molar-refractivity contribution is 8.01. The second kappa shape index (κ2) is 5.39. The first-order valence-corrected chi connectivity index (χ1v) is 6.53. The minimum atomic E-state index is -0.0936. The van der Waals surface area contributed by atoms with Gasteiger partial charge in [-0.15, -0.1) is 11.8 Å². The van der Waals surface area contributed by atoms with Crippen LogP contribution in [0.15, 0.2) is 12.1 Å². The average Bonchev–Trinajstić information content (AvgIpc) is 2.77. The van der Waals surface area contributed by atoms with Crippen LogP contribution in [0.4, 0.5) is 0 Å². The Kier molecular flexibility index (Phi) is 3.86. The first-order chi connectivity index (χ1) is 8.65. The summed E-state index contributed by atoms with van der Waals surface area (Å²) in [5.74, 6) is 1.38. The van der Waals surface area contributed by atoms with Gasteiger partial charge in [0.1, 0.15) is 0 Å². The Bertz CT molecular complexity index is 438. The number of hydrogen-bond acceptors (Lipinski definition) is 5. The number of aromatic hydroxyl groups is 1. The lowest BCUT2D eigenvalue weighted by atomic mass is 10.1. The number of phenols is 1. The zero-order chi connectivity index (χ0) is 13.1. The number of methoxy groups -OCH3 is 2. The molecule has 1 fully saturated rings. The number of amides is 1. The molecule has 2 rings (SSSR count). The first-order valence-electron chi connectivity index (χ1n) is 5.49. The van der Waals surface area contributed by atoms with Crippen molar-refractivity contribution in [3.8, 4) is 17.2 Å². The number of benzene rings is 1. The minimum absolute atomic E-state index is 0.0210. The van der Waals surface area contributed by atoms with Crippen LogP contribution in [-0.2, 0) is 11.2 Å². The zero-order valence-electron chi connectivity index (χ0n) is 10.2. The number of rotatable bonds is 4. The number of thioether (sulfide) groups is 1. The van der Waals surface area contributed by atoms with Crippen LogP contribution >= 0.6 is 11.8 Å². The van der Waals surface area contributed by atoms with Gasteiger partial charge in [0.05, 0.1) is 25.3 Å². The molecule has 1 aliphatic rings. The lowest BCUT2D eigenvalue weighted by Crippen LogP contribution is -2.24. The van der Waals surface area contributed by atoms with Gasteiger partial charge in [-0.25, -0.2) is 0 Å². The van der Waals surface area contributed by atoms with Gasteiger partial charge in [-0.05, 0) is 24.1 Å². The fourth-order valence-electron chi connectivity index (χ4n) is 1.83. The second-order valence-electron chi connectivity index (χ2n) is 3.89. The third-order valence-corrected chi connectivity index (χ3v) is 3.88. The van der Waals surface area contributed by atoms with E-state index < -0.39 is 0 Å². The average molecular weight is 269 g/mol. The third-order valence-electron chi connectivity index (χ3n) is 2.78. The van der Waals surface area contributed by atoms with Crippen molar-refractivity contribution in [1.29, 1.82) is 0 Å². The predicted octanol–water partition coefficient (Wildman–Crippen LogP) is 1.14. The Morgan fingerprint density at radius 3 is 2.44 bits per heavy atom. The van der Waals surface area contributed by atoms with E-state index in [-0.39, 0.29) is 16.9 Å². The van der Waals surface area contributed by atoms with Gasteiger partial charge in [0, 0.05) is 0 Å². The molecular formula is C12H15NO4S. The Hall–Kier alpha value is -1.56. The van der Waals surface area contributed by atoms with Gasteiger partial charge in [0.15, 0.2) is 11.5 Å². The SMILES string of the molecule is COc1cc(CC2SCNC2=O)cc(OC)c1O. The van der Waals surface area contributed by atoms with Crippen LogP contribution in [0, 0.1) is 0 Å². The number of carbonyl (C=O) groups excluding carboxylic acids is 1. The van der Waals surface area contributed by atoms with E-state index in [1.807, 2.05) is 0 Å². The summed E-state index contributed by atoms with van der Waals surface area (Å²) in [6, 6.07) is 3.45. The number of nitrogens with one attached hydrogen (secondary N) is 1.